The molecule has 0 spiro atoms. The number of fused-ring (bicyclic) bond motifs is 6. The number of pyridine rings is 1. The van der Waals surface area contributed by atoms with Crippen LogP contribution in [-0.2, 0) is 25.0 Å². The summed E-state index contributed by atoms with van der Waals surface area (Å²) in [5.41, 5.74) is 4.14. The lowest BCUT2D eigenvalue weighted by atomic mass is 9.83. The van der Waals surface area contributed by atoms with Crippen LogP contribution in [0.2, 0.25) is 0 Å². The minimum atomic E-state index is -1.06. The van der Waals surface area contributed by atoms with E-state index in [0.717, 1.165) is 27.8 Å². The molecule has 0 bridgehead atoms. The van der Waals surface area contributed by atoms with Gasteiger partial charge < -0.3 is 9.64 Å². The molecule has 1 aromatic heterocycles. The Labute approximate surface area is 264 Å². The summed E-state index contributed by atoms with van der Waals surface area (Å²) in [5, 5.41) is 2.00. The van der Waals surface area contributed by atoms with E-state index in [1.54, 1.807) is 21.8 Å². The van der Waals surface area contributed by atoms with Crippen LogP contribution in [0.4, 0.5) is 8.78 Å². The minimum absolute atomic E-state index is 0.0533. The molecule has 1 aliphatic heterocycles. The van der Waals surface area contributed by atoms with E-state index in [4.69, 9.17) is 4.74 Å². The lowest BCUT2D eigenvalue weighted by molar-refractivity contribution is 0.0666. The molecular formula is C38H29F2N3O3. The van der Waals surface area contributed by atoms with Crippen LogP contribution in [0, 0.1) is 11.6 Å². The van der Waals surface area contributed by atoms with Crippen molar-refractivity contribution in [1.82, 2.24) is 9.58 Å². The van der Waals surface area contributed by atoms with E-state index in [2.05, 4.69) is 0 Å². The van der Waals surface area contributed by atoms with Crippen molar-refractivity contribution in [3.05, 3.63) is 176 Å². The van der Waals surface area contributed by atoms with Gasteiger partial charge in [0.1, 0.15) is 18.8 Å². The van der Waals surface area contributed by atoms with Crippen molar-refractivity contribution in [3.8, 4) is 5.75 Å². The summed E-state index contributed by atoms with van der Waals surface area (Å²) < 4.78 is 38.0. The number of benzene rings is 4. The van der Waals surface area contributed by atoms with Crippen molar-refractivity contribution in [2.45, 2.75) is 25.0 Å². The summed E-state index contributed by atoms with van der Waals surface area (Å²) in [5.74, 6) is -2.17. The van der Waals surface area contributed by atoms with Gasteiger partial charge in [0.05, 0.1) is 0 Å². The van der Waals surface area contributed by atoms with Crippen LogP contribution >= 0.6 is 0 Å². The SMILES string of the molecule is O=C1c2c(OCc3ccccc3)c(=O)ccn2N(C23C(=Cc4ccccc42)Cc2c3ccc(F)c2F)CN1CCc1ccccc1. The summed E-state index contributed by atoms with van der Waals surface area (Å²) in [7, 11) is 0. The Hall–Kier alpha value is -5.50. The predicted octanol–water partition coefficient (Wildman–Crippen LogP) is 6.20. The first-order valence-corrected chi connectivity index (χ1v) is 15.3. The second-order valence-corrected chi connectivity index (χ2v) is 11.9. The molecular weight excluding hydrogens is 584 g/mol. The number of hydrogen-bond donors (Lipinski definition) is 0. The third kappa shape index (κ3) is 4.20. The first kappa shape index (κ1) is 28.0. The highest BCUT2D eigenvalue weighted by molar-refractivity contribution is 5.96. The fourth-order valence-electron chi connectivity index (χ4n) is 7.22. The normalized spacial score (nSPS) is 17.7. The van der Waals surface area contributed by atoms with Gasteiger partial charge in [-0.05, 0) is 45.9 Å². The minimum Gasteiger partial charge on any atom is -0.482 e. The Kier molecular flexibility index (Phi) is 6.60. The topological polar surface area (TPSA) is 54.8 Å². The van der Waals surface area contributed by atoms with Gasteiger partial charge in [-0.15, -0.1) is 0 Å². The number of halogens is 2. The van der Waals surface area contributed by atoms with Gasteiger partial charge in [-0.25, -0.2) is 8.78 Å². The fraction of sp³-hybridized carbons (Fsp3) is 0.158. The average Bonchev–Trinajstić information content (AvgIpc) is 3.58. The Bertz CT molecular complexity index is 2090. The zero-order valence-corrected chi connectivity index (χ0v) is 24.8. The van der Waals surface area contributed by atoms with Crippen LogP contribution in [-0.4, -0.2) is 28.7 Å². The smallest absolute Gasteiger partial charge is 0.277 e. The van der Waals surface area contributed by atoms with Gasteiger partial charge in [0.15, 0.2) is 23.1 Å². The van der Waals surface area contributed by atoms with Crippen molar-refractivity contribution in [2.75, 3.05) is 18.2 Å². The summed E-state index contributed by atoms with van der Waals surface area (Å²) in [4.78, 5) is 29.6. The quantitative estimate of drug-likeness (QED) is 0.220. The molecule has 1 unspecified atom stereocenters. The van der Waals surface area contributed by atoms with E-state index in [9.17, 15) is 14.0 Å². The molecule has 2 heterocycles. The number of rotatable bonds is 7. The fourth-order valence-corrected chi connectivity index (χ4v) is 7.22. The molecule has 8 heteroatoms. The predicted molar refractivity (Wildman–Crippen MR) is 171 cm³/mol. The number of amides is 1. The molecule has 0 saturated carbocycles. The summed E-state index contributed by atoms with van der Waals surface area (Å²) in [6.07, 6.45) is 4.41. The zero-order valence-electron chi connectivity index (χ0n) is 24.8. The van der Waals surface area contributed by atoms with Crippen LogP contribution in [0.1, 0.15) is 43.9 Å². The molecule has 0 radical (unpaired) electrons. The molecule has 1 amide bonds. The molecule has 0 N–H and O–H groups in total. The van der Waals surface area contributed by atoms with E-state index in [1.165, 1.54) is 12.1 Å². The molecule has 4 aromatic carbocycles. The average molecular weight is 614 g/mol. The standard InChI is InChI=1S/C38H29F2N3O3/c39-32-16-15-31-29(34(32)40)22-28-21-27-13-7-8-14-30(27)38(28,31)43-24-41(19-17-25-9-3-1-4-10-25)37(45)35-36(33(44)18-20-42(35)43)46-23-26-11-5-2-6-12-26/h1-16,18,20-21H,17,19,22-24H2. The van der Waals surface area contributed by atoms with Crippen molar-refractivity contribution in [1.29, 1.82) is 0 Å². The maximum absolute atomic E-state index is 15.5. The van der Waals surface area contributed by atoms with Gasteiger partial charge in [0, 0.05) is 30.8 Å². The van der Waals surface area contributed by atoms with Crippen LogP contribution < -0.4 is 15.2 Å². The van der Waals surface area contributed by atoms with Crippen molar-refractivity contribution < 1.29 is 18.3 Å². The molecule has 3 aliphatic rings. The Morgan fingerprint density at radius 1 is 0.783 bits per heavy atom. The number of carbonyl (C=O) groups is 1. The molecule has 6 nitrogen and oxygen atoms in total. The Morgan fingerprint density at radius 2 is 1.50 bits per heavy atom. The second kappa shape index (κ2) is 10.8. The molecule has 0 fully saturated rings. The van der Waals surface area contributed by atoms with Crippen molar-refractivity contribution in [3.63, 3.8) is 0 Å². The first-order valence-electron chi connectivity index (χ1n) is 15.3. The monoisotopic (exact) mass is 613 g/mol. The maximum atomic E-state index is 15.5. The lowest BCUT2D eigenvalue weighted by Gasteiger charge is -2.49. The summed E-state index contributed by atoms with van der Waals surface area (Å²) in [6, 6.07) is 31.4. The molecule has 0 saturated heterocycles. The van der Waals surface area contributed by atoms with Gasteiger partial charge >= 0.3 is 0 Å². The Morgan fingerprint density at radius 3 is 2.28 bits per heavy atom. The number of hydrogen-bond acceptors (Lipinski definition) is 4. The zero-order chi connectivity index (χ0) is 31.4. The van der Waals surface area contributed by atoms with Gasteiger partial charge in [-0.1, -0.05) is 97.1 Å². The summed E-state index contributed by atoms with van der Waals surface area (Å²) in [6.45, 7) is 0.586. The van der Waals surface area contributed by atoms with Gasteiger partial charge in [0.25, 0.3) is 5.91 Å². The number of ether oxygens (including phenoxy) is 1. The van der Waals surface area contributed by atoms with Gasteiger partial charge in [-0.2, -0.15) is 0 Å². The highest BCUT2D eigenvalue weighted by Gasteiger charge is 2.56. The number of carbonyl (C=O) groups excluding carboxylic acids is 1. The molecule has 46 heavy (non-hydrogen) atoms. The van der Waals surface area contributed by atoms with E-state index in [0.29, 0.717) is 18.5 Å². The maximum Gasteiger partial charge on any atom is 0.277 e. The first-order chi connectivity index (χ1) is 22.5. The summed E-state index contributed by atoms with van der Waals surface area (Å²) >= 11 is 0. The van der Waals surface area contributed by atoms with Crippen LogP contribution in [0.5, 0.6) is 5.75 Å². The molecule has 5 aromatic rings. The van der Waals surface area contributed by atoms with Crippen LogP contribution in [0.25, 0.3) is 6.08 Å². The largest absolute Gasteiger partial charge is 0.482 e. The van der Waals surface area contributed by atoms with E-state index in [1.807, 2.05) is 96.0 Å². The third-order valence-electron chi connectivity index (χ3n) is 9.31. The lowest BCUT2D eigenvalue weighted by Crippen LogP contribution is -2.62. The number of aromatic nitrogens is 1. The van der Waals surface area contributed by atoms with E-state index in [-0.39, 0.29) is 42.6 Å². The molecule has 228 valence electrons. The number of nitrogens with zero attached hydrogens (tertiary/aromatic N) is 3. The second-order valence-electron chi connectivity index (χ2n) is 11.9. The Balaban J connectivity index is 1.33. The molecule has 1 atom stereocenters. The highest BCUT2D eigenvalue weighted by Crippen LogP contribution is 2.56. The van der Waals surface area contributed by atoms with E-state index < -0.39 is 22.6 Å². The highest BCUT2D eigenvalue weighted by atomic mass is 19.2. The molecule has 2 aliphatic carbocycles. The van der Waals surface area contributed by atoms with E-state index >= 15 is 4.39 Å². The van der Waals surface area contributed by atoms with Crippen LogP contribution in [0.15, 0.2) is 120 Å². The molecule has 8 rings (SSSR count). The third-order valence-corrected chi connectivity index (χ3v) is 9.31. The van der Waals surface area contributed by atoms with Crippen molar-refractivity contribution >= 4 is 12.0 Å². The van der Waals surface area contributed by atoms with Crippen LogP contribution in [0.3, 0.4) is 0 Å². The van der Waals surface area contributed by atoms with Gasteiger partial charge in [0.2, 0.25) is 5.43 Å². The van der Waals surface area contributed by atoms with Gasteiger partial charge in [-0.3, -0.25) is 19.3 Å². The van der Waals surface area contributed by atoms with Crippen molar-refractivity contribution in [2.24, 2.45) is 0 Å².